The lowest BCUT2D eigenvalue weighted by Crippen LogP contribution is -2.27. The van der Waals surface area contributed by atoms with Crippen molar-refractivity contribution in [2.24, 2.45) is 0 Å². The van der Waals surface area contributed by atoms with Crippen LogP contribution in [0.25, 0.3) is 0 Å². The second kappa shape index (κ2) is 8.20. The Labute approximate surface area is 169 Å². The third-order valence-electron chi connectivity index (χ3n) is 4.78. The number of carbonyl (C=O) groups is 1. The first-order valence-electron chi connectivity index (χ1n) is 9.09. The highest BCUT2D eigenvalue weighted by molar-refractivity contribution is 7.99. The van der Waals surface area contributed by atoms with Crippen molar-refractivity contribution in [3.63, 3.8) is 0 Å². The summed E-state index contributed by atoms with van der Waals surface area (Å²) in [4.78, 5) is 16.3. The van der Waals surface area contributed by atoms with Crippen LogP contribution < -0.4 is 4.90 Å². The van der Waals surface area contributed by atoms with Gasteiger partial charge in [-0.3, -0.25) is 9.69 Å². The fourth-order valence-corrected chi connectivity index (χ4v) is 4.41. The van der Waals surface area contributed by atoms with E-state index in [-0.39, 0.29) is 5.91 Å². The SMILES string of the molecule is O=C(CCSc1ccc(Cl)cc1)N1c2ccccc2CCc2ccccc21. The minimum absolute atomic E-state index is 0.137. The number of rotatable bonds is 4. The molecule has 0 aliphatic carbocycles. The number of benzene rings is 3. The Balaban J connectivity index is 1.56. The van der Waals surface area contributed by atoms with Crippen LogP contribution in [0.15, 0.2) is 77.7 Å². The zero-order valence-electron chi connectivity index (χ0n) is 14.9. The van der Waals surface area contributed by atoms with Crippen LogP contribution in [-0.4, -0.2) is 11.7 Å². The number of amides is 1. The van der Waals surface area contributed by atoms with Crippen LogP contribution in [0.4, 0.5) is 11.4 Å². The lowest BCUT2D eigenvalue weighted by molar-refractivity contribution is -0.117. The summed E-state index contributed by atoms with van der Waals surface area (Å²) < 4.78 is 0. The van der Waals surface area contributed by atoms with Crippen LogP contribution in [0.5, 0.6) is 0 Å². The lowest BCUT2D eigenvalue weighted by atomic mass is 10.0. The van der Waals surface area contributed by atoms with Gasteiger partial charge in [0, 0.05) is 22.1 Å². The molecule has 3 aromatic rings. The molecule has 0 fully saturated rings. The number of nitrogens with zero attached hydrogens (tertiary/aromatic N) is 1. The number of hydrogen-bond donors (Lipinski definition) is 0. The van der Waals surface area contributed by atoms with Gasteiger partial charge in [0.1, 0.15) is 0 Å². The largest absolute Gasteiger partial charge is 0.280 e. The molecule has 0 saturated carbocycles. The minimum atomic E-state index is 0.137. The third-order valence-corrected chi connectivity index (χ3v) is 6.04. The van der Waals surface area contributed by atoms with Gasteiger partial charge in [-0.2, -0.15) is 0 Å². The van der Waals surface area contributed by atoms with Gasteiger partial charge in [-0.15, -0.1) is 11.8 Å². The van der Waals surface area contributed by atoms with Crippen molar-refractivity contribution < 1.29 is 4.79 Å². The van der Waals surface area contributed by atoms with Crippen LogP contribution in [0, 0.1) is 0 Å². The van der Waals surface area contributed by atoms with E-state index < -0.39 is 0 Å². The summed E-state index contributed by atoms with van der Waals surface area (Å²) in [7, 11) is 0. The van der Waals surface area contributed by atoms with Gasteiger partial charge in [-0.05, 0) is 60.4 Å². The van der Waals surface area contributed by atoms with Crippen LogP contribution in [0.2, 0.25) is 5.02 Å². The van der Waals surface area contributed by atoms with Gasteiger partial charge >= 0.3 is 0 Å². The summed E-state index contributed by atoms with van der Waals surface area (Å²) in [6, 6.07) is 24.2. The first kappa shape index (κ1) is 18.1. The Bertz CT molecular complexity index is 907. The van der Waals surface area contributed by atoms with Gasteiger partial charge in [0.05, 0.1) is 11.4 Å². The standard InChI is InChI=1S/C23H20ClNOS/c24-19-11-13-20(14-12-19)27-16-15-23(26)25-21-7-3-1-5-17(21)9-10-18-6-2-4-8-22(18)25/h1-8,11-14H,9-10,15-16H2. The predicted molar refractivity (Wildman–Crippen MR) is 114 cm³/mol. The van der Waals surface area contributed by atoms with E-state index in [1.54, 1.807) is 11.8 Å². The predicted octanol–water partition coefficient (Wildman–Crippen LogP) is 6.29. The van der Waals surface area contributed by atoms with Gasteiger partial charge in [0.15, 0.2) is 0 Å². The van der Waals surface area contributed by atoms with Gasteiger partial charge < -0.3 is 0 Å². The number of aryl methyl sites for hydroxylation is 2. The Morgan fingerprint density at radius 3 is 2.00 bits per heavy atom. The summed E-state index contributed by atoms with van der Waals surface area (Å²) in [5, 5.41) is 0.730. The van der Waals surface area contributed by atoms with Gasteiger partial charge in [-0.1, -0.05) is 48.0 Å². The van der Waals surface area contributed by atoms with Crippen molar-refractivity contribution >= 4 is 40.6 Å². The Morgan fingerprint density at radius 1 is 0.852 bits per heavy atom. The first-order valence-corrected chi connectivity index (χ1v) is 10.5. The molecule has 2 nitrogen and oxygen atoms in total. The Morgan fingerprint density at radius 2 is 1.41 bits per heavy atom. The van der Waals surface area contributed by atoms with Gasteiger partial charge in [0.25, 0.3) is 0 Å². The van der Waals surface area contributed by atoms with Crippen molar-refractivity contribution in [1.29, 1.82) is 0 Å². The molecule has 0 spiro atoms. The molecule has 0 unspecified atom stereocenters. The zero-order valence-corrected chi connectivity index (χ0v) is 16.5. The Kier molecular flexibility index (Phi) is 5.51. The molecule has 1 amide bonds. The highest BCUT2D eigenvalue weighted by Crippen LogP contribution is 2.36. The molecule has 3 aromatic carbocycles. The number of anilines is 2. The third kappa shape index (κ3) is 4.05. The number of hydrogen-bond acceptors (Lipinski definition) is 2. The summed E-state index contributed by atoms with van der Waals surface area (Å²) in [5.41, 5.74) is 4.49. The van der Waals surface area contributed by atoms with Crippen LogP contribution in [0.3, 0.4) is 0 Å². The molecule has 136 valence electrons. The average Bonchev–Trinajstić information content (AvgIpc) is 2.86. The van der Waals surface area contributed by atoms with Gasteiger partial charge in [-0.25, -0.2) is 0 Å². The lowest BCUT2D eigenvalue weighted by Gasteiger charge is -2.25. The maximum Gasteiger partial charge on any atom is 0.232 e. The molecule has 0 N–H and O–H groups in total. The van der Waals surface area contributed by atoms with Crippen molar-refractivity contribution in [3.8, 4) is 0 Å². The van der Waals surface area contributed by atoms with Crippen molar-refractivity contribution in [2.75, 3.05) is 10.7 Å². The fourth-order valence-electron chi connectivity index (χ4n) is 3.45. The zero-order chi connectivity index (χ0) is 18.6. The van der Waals surface area contributed by atoms with E-state index >= 15 is 0 Å². The molecule has 4 heteroatoms. The summed E-state index contributed by atoms with van der Waals surface area (Å²) in [5.74, 6) is 0.875. The molecule has 0 radical (unpaired) electrons. The highest BCUT2D eigenvalue weighted by Gasteiger charge is 2.25. The number of fused-ring (bicyclic) bond motifs is 2. The first-order chi connectivity index (χ1) is 13.2. The molecule has 0 atom stereocenters. The number of carbonyl (C=O) groups excluding carboxylic acids is 1. The maximum absolute atomic E-state index is 13.2. The van der Waals surface area contributed by atoms with E-state index in [1.165, 1.54) is 11.1 Å². The molecule has 0 bridgehead atoms. The molecule has 1 aliphatic rings. The summed E-state index contributed by atoms with van der Waals surface area (Å²) in [6.45, 7) is 0. The summed E-state index contributed by atoms with van der Waals surface area (Å²) >= 11 is 7.62. The summed E-state index contributed by atoms with van der Waals surface area (Å²) in [6.07, 6.45) is 2.39. The van der Waals surface area contributed by atoms with E-state index in [1.807, 2.05) is 53.4 Å². The Hall–Kier alpha value is -2.23. The maximum atomic E-state index is 13.2. The second-order valence-electron chi connectivity index (χ2n) is 6.54. The molecule has 0 saturated heterocycles. The topological polar surface area (TPSA) is 20.3 Å². The molecule has 4 rings (SSSR count). The van der Waals surface area contributed by atoms with E-state index in [2.05, 4.69) is 24.3 Å². The number of halogens is 1. The number of para-hydroxylation sites is 2. The van der Waals surface area contributed by atoms with E-state index in [0.29, 0.717) is 6.42 Å². The van der Waals surface area contributed by atoms with Crippen LogP contribution in [-0.2, 0) is 17.6 Å². The van der Waals surface area contributed by atoms with Crippen molar-refractivity contribution in [2.45, 2.75) is 24.2 Å². The fraction of sp³-hybridized carbons (Fsp3) is 0.174. The van der Waals surface area contributed by atoms with Crippen molar-refractivity contribution in [1.82, 2.24) is 0 Å². The molecule has 1 heterocycles. The monoisotopic (exact) mass is 393 g/mol. The molecular formula is C23H20ClNOS. The van der Waals surface area contributed by atoms with E-state index in [4.69, 9.17) is 11.6 Å². The van der Waals surface area contributed by atoms with Crippen molar-refractivity contribution in [3.05, 3.63) is 88.9 Å². The van der Waals surface area contributed by atoms with Crippen LogP contribution in [0.1, 0.15) is 17.5 Å². The molecule has 1 aliphatic heterocycles. The smallest absolute Gasteiger partial charge is 0.232 e. The van der Waals surface area contributed by atoms with Gasteiger partial charge in [0.2, 0.25) is 5.91 Å². The highest BCUT2D eigenvalue weighted by atomic mass is 35.5. The second-order valence-corrected chi connectivity index (χ2v) is 8.14. The quantitative estimate of drug-likeness (QED) is 0.486. The average molecular weight is 394 g/mol. The van der Waals surface area contributed by atoms with E-state index in [0.717, 1.165) is 39.9 Å². The normalized spacial score (nSPS) is 12.9. The minimum Gasteiger partial charge on any atom is -0.280 e. The molecule has 0 aromatic heterocycles. The molecule has 27 heavy (non-hydrogen) atoms. The number of thioether (sulfide) groups is 1. The van der Waals surface area contributed by atoms with E-state index in [9.17, 15) is 4.79 Å². The molecular weight excluding hydrogens is 374 g/mol. The van der Waals surface area contributed by atoms with Crippen LogP contribution >= 0.6 is 23.4 Å².